The summed E-state index contributed by atoms with van der Waals surface area (Å²) in [6, 6.07) is 37.1. The lowest BCUT2D eigenvalue weighted by Gasteiger charge is -2.15. The van der Waals surface area contributed by atoms with Crippen LogP contribution in [0.15, 0.2) is 142 Å². The summed E-state index contributed by atoms with van der Waals surface area (Å²) in [6.45, 7) is 0. The van der Waals surface area contributed by atoms with Crippen LogP contribution in [0.5, 0.6) is 5.75 Å². The summed E-state index contributed by atoms with van der Waals surface area (Å²) in [4.78, 5) is 59.3. The number of hydrogen-bond donors (Lipinski definition) is 2. The second-order valence-corrected chi connectivity index (χ2v) is 12.8. The number of carbonyl (C=O) groups is 4. The van der Waals surface area contributed by atoms with Gasteiger partial charge in [0.1, 0.15) is 17.0 Å². The van der Waals surface area contributed by atoms with E-state index < -0.39 is 17.1 Å². The normalized spacial score (nSPS) is 14.5. The lowest BCUT2D eigenvalue weighted by molar-refractivity contribution is -0.121. The molecule has 252 valence electrons. The van der Waals surface area contributed by atoms with Crippen molar-refractivity contribution in [2.75, 3.05) is 17.3 Å². The molecule has 1 atom stereocenters. The average molecular weight is 695 g/mol. The van der Waals surface area contributed by atoms with Gasteiger partial charge in [-0.05, 0) is 96.6 Å². The predicted octanol–water partition coefficient (Wildman–Crippen LogP) is 7.34. The molecule has 10 nitrogen and oxygen atoms in total. The highest BCUT2D eigenvalue weighted by atomic mass is 32.2. The van der Waals surface area contributed by atoms with Gasteiger partial charge in [0, 0.05) is 28.1 Å². The molecule has 0 bridgehead atoms. The highest BCUT2D eigenvalue weighted by molar-refractivity contribution is 8.00. The Kier molecular flexibility index (Phi) is 9.44. The first-order valence-corrected chi connectivity index (χ1v) is 16.9. The minimum absolute atomic E-state index is 0.0458. The molecule has 1 unspecified atom stereocenters. The maximum absolute atomic E-state index is 13.4. The van der Waals surface area contributed by atoms with E-state index in [-0.39, 0.29) is 23.9 Å². The second-order valence-electron chi connectivity index (χ2n) is 11.5. The fourth-order valence-corrected chi connectivity index (χ4v) is 6.56. The van der Waals surface area contributed by atoms with Crippen molar-refractivity contribution in [3.05, 3.63) is 144 Å². The van der Waals surface area contributed by atoms with E-state index in [4.69, 9.17) is 9.15 Å². The van der Waals surface area contributed by atoms with Crippen molar-refractivity contribution in [1.82, 2.24) is 10.3 Å². The molecule has 1 aliphatic heterocycles. The third-order valence-corrected chi connectivity index (χ3v) is 9.31. The number of para-hydroxylation sites is 2. The van der Waals surface area contributed by atoms with Crippen LogP contribution in [0.1, 0.15) is 22.3 Å². The Morgan fingerprint density at radius 1 is 0.863 bits per heavy atom. The number of benzene rings is 5. The summed E-state index contributed by atoms with van der Waals surface area (Å²) in [5.41, 5.74) is 4.24. The Labute approximate surface area is 297 Å². The van der Waals surface area contributed by atoms with Gasteiger partial charge in [-0.3, -0.25) is 19.2 Å². The van der Waals surface area contributed by atoms with Gasteiger partial charge < -0.3 is 19.8 Å². The number of fused-ring (bicyclic) bond motifs is 1. The molecule has 0 spiro atoms. The predicted molar refractivity (Wildman–Crippen MR) is 196 cm³/mol. The molecule has 0 saturated carbocycles. The third-order valence-electron chi connectivity index (χ3n) is 8.12. The zero-order chi connectivity index (χ0) is 35.3. The van der Waals surface area contributed by atoms with Crippen LogP contribution in [-0.4, -0.2) is 41.0 Å². The Morgan fingerprint density at radius 3 is 2.27 bits per heavy atom. The van der Waals surface area contributed by atoms with Gasteiger partial charge in [0.15, 0.2) is 5.58 Å². The van der Waals surface area contributed by atoms with Crippen LogP contribution in [0.4, 0.5) is 11.4 Å². The number of oxazole rings is 1. The molecule has 2 N–H and O–H groups in total. The number of nitrogens with one attached hydrogen (secondary N) is 2. The summed E-state index contributed by atoms with van der Waals surface area (Å²) >= 11 is 1.28. The van der Waals surface area contributed by atoms with Crippen LogP contribution in [0.25, 0.3) is 28.6 Å². The van der Waals surface area contributed by atoms with Gasteiger partial charge in [-0.2, -0.15) is 0 Å². The van der Waals surface area contributed by atoms with Gasteiger partial charge in [0.25, 0.3) is 11.8 Å². The highest BCUT2D eigenvalue weighted by Crippen LogP contribution is 2.35. The summed E-state index contributed by atoms with van der Waals surface area (Å²) in [7, 11) is 1.57. The van der Waals surface area contributed by atoms with Crippen molar-refractivity contribution in [1.29, 1.82) is 0 Å². The summed E-state index contributed by atoms with van der Waals surface area (Å²) in [5.74, 6) is -0.432. The Morgan fingerprint density at radius 2 is 1.57 bits per heavy atom. The van der Waals surface area contributed by atoms with Crippen LogP contribution in [0.3, 0.4) is 0 Å². The highest BCUT2D eigenvalue weighted by Gasteiger charge is 2.40. The smallest absolute Gasteiger partial charge is 0.272 e. The van der Waals surface area contributed by atoms with Crippen molar-refractivity contribution < 1.29 is 28.3 Å². The van der Waals surface area contributed by atoms with Gasteiger partial charge in [-0.25, -0.2) is 9.88 Å². The Hall–Kier alpha value is -6.46. The lowest BCUT2D eigenvalue weighted by Crippen LogP contribution is -2.31. The first kappa shape index (κ1) is 33.1. The molecule has 51 heavy (non-hydrogen) atoms. The number of carbonyl (C=O) groups excluding carboxylic acids is 4. The van der Waals surface area contributed by atoms with Crippen LogP contribution >= 0.6 is 11.8 Å². The van der Waals surface area contributed by atoms with Crippen LogP contribution in [0, 0.1) is 0 Å². The summed E-state index contributed by atoms with van der Waals surface area (Å²) in [5, 5.41) is 4.95. The molecule has 1 aromatic heterocycles. The summed E-state index contributed by atoms with van der Waals surface area (Å²) < 4.78 is 11.1. The molecule has 1 saturated heterocycles. The molecule has 1 fully saturated rings. The lowest BCUT2D eigenvalue weighted by atomic mass is 10.1. The van der Waals surface area contributed by atoms with Gasteiger partial charge in [0.2, 0.25) is 17.7 Å². The van der Waals surface area contributed by atoms with Crippen molar-refractivity contribution in [2.24, 2.45) is 0 Å². The van der Waals surface area contributed by atoms with E-state index in [1.54, 1.807) is 116 Å². The number of thioether (sulfide) groups is 1. The standard InChI is InChI=1S/C40H30N4O6S/c1-49-30-19-11-25(12-20-30)23-33(42-37(46)26-7-3-2-4-8-26)38(47)41-28-15-21-31(22-16-28)51-35-24-36(45)44(40(35)48)29-17-13-27(14-18-29)39-43-32-9-5-6-10-34(32)50-39/h2-23,35H,24H2,1H3,(H,41,47)(H,42,46)/b33-23-. The van der Waals surface area contributed by atoms with E-state index in [0.717, 1.165) is 16.0 Å². The first-order chi connectivity index (χ1) is 24.8. The largest absolute Gasteiger partial charge is 0.497 e. The minimum atomic E-state index is -0.609. The molecule has 6 aromatic rings. The third kappa shape index (κ3) is 7.43. The molecule has 0 aliphatic carbocycles. The Balaban J connectivity index is 1.01. The van der Waals surface area contributed by atoms with Crippen molar-refractivity contribution in [3.8, 4) is 17.2 Å². The van der Waals surface area contributed by atoms with Crippen LogP contribution in [-0.2, 0) is 14.4 Å². The molecule has 4 amide bonds. The minimum Gasteiger partial charge on any atom is -0.497 e. The molecule has 1 aliphatic rings. The molecule has 11 heteroatoms. The van der Waals surface area contributed by atoms with Crippen LogP contribution < -0.4 is 20.3 Å². The average Bonchev–Trinajstić information content (AvgIpc) is 3.72. The first-order valence-electron chi connectivity index (χ1n) is 16.0. The number of ether oxygens (including phenoxy) is 1. The number of imide groups is 1. The molecule has 5 aromatic carbocycles. The number of aromatic nitrogens is 1. The molecule has 7 rings (SSSR count). The number of hydrogen-bond acceptors (Lipinski definition) is 8. The topological polar surface area (TPSA) is 131 Å². The van der Waals surface area contributed by atoms with Gasteiger partial charge in [-0.15, -0.1) is 11.8 Å². The zero-order valence-electron chi connectivity index (χ0n) is 27.2. The van der Waals surface area contributed by atoms with Gasteiger partial charge >= 0.3 is 0 Å². The SMILES string of the molecule is COc1ccc(/C=C(\NC(=O)c2ccccc2)C(=O)Nc2ccc(SC3CC(=O)N(c4ccc(-c5nc6ccccc6o5)cc4)C3=O)cc2)cc1. The number of amides is 4. The Bertz CT molecular complexity index is 2230. The van der Waals surface area contributed by atoms with E-state index in [1.165, 1.54) is 16.7 Å². The number of nitrogens with zero attached hydrogens (tertiary/aromatic N) is 2. The zero-order valence-corrected chi connectivity index (χ0v) is 28.1. The van der Waals surface area contributed by atoms with Crippen molar-refractivity contribution in [3.63, 3.8) is 0 Å². The van der Waals surface area contributed by atoms with Crippen molar-refractivity contribution in [2.45, 2.75) is 16.6 Å². The molecular formula is C40H30N4O6S. The van der Waals surface area contributed by atoms with E-state index in [9.17, 15) is 19.2 Å². The molecule has 0 radical (unpaired) electrons. The molecule has 2 heterocycles. The van der Waals surface area contributed by atoms with E-state index in [1.807, 2.05) is 24.3 Å². The van der Waals surface area contributed by atoms with Gasteiger partial charge in [-0.1, -0.05) is 42.5 Å². The number of rotatable bonds is 10. The van der Waals surface area contributed by atoms with E-state index in [2.05, 4.69) is 15.6 Å². The van der Waals surface area contributed by atoms with E-state index >= 15 is 0 Å². The maximum atomic E-state index is 13.4. The van der Waals surface area contributed by atoms with Gasteiger partial charge in [0.05, 0.1) is 18.0 Å². The fourth-order valence-electron chi connectivity index (χ4n) is 5.50. The quantitative estimate of drug-likeness (QED) is 0.113. The monoisotopic (exact) mass is 694 g/mol. The number of anilines is 2. The fraction of sp³-hybridized carbons (Fsp3) is 0.0750. The maximum Gasteiger partial charge on any atom is 0.272 e. The summed E-state index contributed by atoms with van der Waals surface area (Å²) in [6.07, 6.45) is 1.63. The molecular weight excluding hydrogens is 665 g/mol. The number of methoxy groups -OCH3 is 1. The second kappa shape index (κ2) is 14.6. The van der Waals surface area contributed by atoms with Crippen LogP contribution in [0.2, 0.25) is 0 Å². The van der Waals surface area contributed by atoms with Crippen molar-refractivity contribution >= 4 is 63.9 Å². The van der Waals surface area contributed by atoms with E-state index in [0.29, 0.717) is 39.7 Å².